The molecular formula is C19H21N5O. The molecule has 6 heteroatoms. The van der Waals surface area contributed by atoms with Crippen LogP contribution >= 0.6 is 0 Å². The van der Waals surface area contributed by atoms with E-state index in [0.717, 1.165) is 36.2 Å². The third kappa shape index (κ3) is 2.95. The van der Waals surface area contributed by atoms with Gasteiger partial charge in [-0.2, -0.15) is 0 Å². The number of nitrogen functional groups attached to an aromatic ring is 1. The van der Waals surface area contributed by atoms with E-state index < -0.39 is 0 Å². The van der Waals surface area contributed by atoms with Gasteiger partial charge in [-0.05, 0) is 43.5 Å². The Morgan fingerprint density at radius 2 is 2.24 bits per heavy atom. The van der Waals surface area contributed by atoms with Crippen LogP contribution in [0, 0.1) is 6.92 Å². The lowest BCUT2D eigenvalue weighted by Gasteiger charge is -2.32. The largest absolute Gasteiger partial charge is 0.384 e. The number of rotatable bonds is 2. The number of piperidine rings is 1. The molecule has 1 saturated heterocycles. The molecule has 1 unspecified atom stereocenters. The molecule has 4 rings (SSSR count). The molecule has 0 radical (unpaired) electrons. The molecule has 0 aliphatic carbocycles. The van der Waals surface area contributed by atoms with Gasteiger partial charge in [0.15, 0.2) is 0 Å². The lowest BCUT2D eigenvalue weighted by atomic mass is 9.97. The maximum atomic E-state index is 12.8. The molecule has 3 N–H and O–H groups in total. The molecule has 3 heterocycles. The number of nitrogens with zero attached hydrogens (tertiary/aromatic N) is 3. The van der Waals surface area contributed by atoms with Gasteiger partial charge >= 0.3 is 0 Å². The first-order valence-electron chi connectivity index (χ1n) is 8.58. The number of nitrogens with one attached hydrogen (secondary N) is 1. The number of pyridine rings is 1. The van der Waals surface area contributed by atoms with Gasteiger partial charge in [-0.3, -0.25) is 4.79 Å². The van der Waals surface area contributed by atoms with Crippen LogP contribution in [0.2, 0.25) is 0 Å². The molecule has 2 aromatic heterocycles. The fourth-order valence-corrected chi connectivity index (χ4v) is 3.54. The van der Waals surface area contributed by atoms with E-state index in [0.29, 0.717) is 17.9 Å². The lowest BCUT2D eigenvalue weighted by Crippen LogP contribution is -2.39. The van der Waals surface area contributed by atoms with Crippen LogP contribution in [-0.2, 0) is 0 Å². The average Bonchev–Trinajstić information content (AvgIpc) is 3.07. The summed E-state index contributed by atoms with van der Waals surface area (Å²) in [6.07, 6.45) is 3.57. The van der Waals surface area contributed by atoms with Crippen molar-refractivity contribution in [3.05, 3.63) is 53.5 Å². The van der Waals surface area contributed by atoms with Crippen LogP contribution in [0.5, 0.6) is 0 Å². The molecular weight excluding hydrogens is 314 g/mol. The zero-order valence-electron chi connectivity index (χ0n) is 14.2. The predicted molar refractivity (Wildman–Crippen MR) is 97.4 cm³/mol. The van der Waals surface area contributed by atoms with Crippen LogP contribution < -0.4 is 5.73 Å². The summed E-state index contributed by atoms with van der Waals surface area (Å²) < 4.78 is 0. The Labute approximate surface area is 146 Å². The smallest absolute Gasteiger partial charge is 0.254 e. The standard InChI is InChI=1S/C19H21N5O/c1-12-4-2-6-15-17(12)23-18(22-15)14-5-3-9-24(11-14)19(25)13-7-8-21-16(20)10-13/h2,4,6-8,10,14H,3,5,9,11H2,1H3,(H2,20,21)(H,22,23). The Kier molecular flexibility index (Phi) is 3.87. The van der Waals surface area contributed by atoms with Crippen LogP contribution in [0.15, 0.2) is 36.5 Å². The Morgan fingerprint density at radius 1 is 1.36 bits per heavy atom. The first-order valence-corrected chi connectivity index (χ1v) is 8.58. The molecule has 1 aliphatic rings. The van der Waals surface area contributed by atoms with Crippen molar-refractivity contribution in [2.45, 2.75) is 25.7 Å². The minimum atomic E-state index is 0.00564. The molecule has 1 amide bonds. The summed E-state index contributed by atoms with van der Waals surface area (Å²) in [4.78, 5) is 26.8. The minimum Gasteiger partial charge on any atom is -0.384 e. The van der Waals surface area contributed by atoms with Crippen LogP contribution in [0.1, 0.15) is 40.5 Å². The number of carbonyl (C=O) groups is 1. The van der Waals surface area contributed by atoms with Gasteiger partial charge in [0, 0.05) is 30.8 Å². The number of aromatic nitrogens is 3. The van der Waals surface area contributed by atoms with E-state index in [2.05, 4.69) is 23.0 Å². The maximum Gasteiger partial charge on any atom is 0.254 e. The van der Waals surface area contributed by atoms with Crippen molar-refractivity contribution in [3.8, 4) is 0 Å². The average molecular weight is 335 g/mol. The third-order valence-electron chi connectivity index (χ3n) is 4.87. The number of anilines is 1. The number of nitrogens with two attached hydrogens (primary N) is 1. The molecule has 1 atom stereocenters. The summed E-state index contributed by atoms with van der Waals surface area (Å²) in [7, 11) is 0. The monoisotopic (exact) mass is 335 g/mol. The summed E-state index contributed by atoms with van der Waals surface area (Å²) >= 11 is 0. The van der Waals surface area contributed by atoms with Crippen molar-refractivity contribution in [2.75, 3.05) is 18.8 Å². The topological polar surface area (TPSA) is 87.9 Å². The quantitative estimate of drug-likeness (QED) is 0.754. The van der Waals surface area contributed by atoms with Gasteiger partial charge in [0.25, 0.3) is 5.91 Å². The lowest BCUT2D eigenvalue weighted by molar-refractivity contribution is 0.0705. The molecule has 1 fully saturated rings. The number of benzene rings is 1. The van der Waals surface area contributed by atoms with Crippen molar-refractivity contribution < 1.29 is 4.79 Å². The number of hydrogen-bond donors (Lipinski definition) is 2. The molecule has 25 heavy (non-hydrogen) atoms. The molecule has 6 nitrogen and oxygen atoms in total. The number of imidazole rings is 1. The molecule has 0 spiro atoms. The van der Waals surface area contributed by atoms with Crippen LogP contribution in [0.4, 0.5) is 5.82 Å². The molecule has 3 aromatic rings. The number of aromatic amines is 1. The highest BCUT2D eigenvalue weighted by Gasteiger charge is 2.27. The molecule has 0 saturated carbocycles. The van der Waals surface area contributed by atoms with Gasteiger partial charge in [0.1, 0.15) is 11.6 Å². The van der Waals surface area contributed by atoms with E-state index in [1.807, 2.05) is 17.0 Å². The number of hydrogen-bond acceptors (Lipinski definition) is 4. The zero-order chi connectivity index (χ0) is 17.4. The molecule has 0 bridgehead atoms. The Bertz CT molecular complexity index is 932. The van der Waals surface area contributed by atoms with E-state index in [-0.39, 0.29) is 11.8 Å². The summed E-state index contributed by atoms with van der Waals surface area (Å²) in [5.74, 6) is 1.57. The number of amides is 1. The third-order valence-corrected chi connectivity index (χ3v) is 4.87. The molecule has 1 aliphatic heterocycles. The van der Waals surface area contributed by atoms with Crippen LogP contribution in [0.25, 0.3) is 11.0 Å². The number of H-pyrrole nitrogens is 1. The first-order chi connectivity index (χ1) is 12.1. The van der Waals surface area contributed by atoms with Crippen molar-refractivity contribution >= 4 is 22.8 Å². The second kappa shape index (κ2) is 6.20. The van der Waals surface area contributed by atoms with E-state index in [1.165, 1.54) is 5.56 Å². The van der Waals surface area contributed by atoms with Crippen LogP contribution in [-0.4, -0.2) is 38.8 Å². The van der Waals surface area contributed by atoms with Gasteiger partial charge in [-0.15, -0.1) is 0 Å². The van der Waals surface area contributed by atoms with Gasteiger partial charge in [-0.1, -0.05) is 12.1 Å². The SMILES string of the molecule is Cc1cccc2nc(C3CCCN(C(=O)c4ccnc(N)c4)C3)[nH]c12. The predicted octanol–water partition coefficient (Wildman–Crippen LogP) is 2.87. The fourth-order valence-electron chi connectivity index (χ4n) is 3.54. The normalized spacial score (nSPS) is 17.8. The molecule has 128 valence electrons. The summed E-state index contributed by atoms with van der Waals surface area (Å²) in [6.45, 7) is 3.51. The Balaban J connectivity index is 1.58. The maximum absolute atomic E-state index is 12.8. The Hall–Kier alpha value is -2.89. The van der Waals surface area contributed by atoms with Crippen molar-refractivity contribution in [2.24, 2.45) is 0 Å². The summed E-state index contributed by atoms with van der Waals surface area (Å²) in [5, 5.41) is 0. The molecule has 1 aromatic carbocycles. The van der Waals surface area contributed by atoms with Gasteiger partial charge in [-0.25, -0.2) is 9.97 Å². The van der Waals surface area contributed by atoms with Gasteiger partial charge in [0.05, 0.1) is 11.0 Å². The summed E-state index contributed by atoms with van der Waals surface area (Å²) in [6, 6.07) is 9.47. The van der Waals surface area contributed by atoms with Gasteiger partial charge < -0.3 is 15.6 Å². The highest BCUT2D eigenvalue weighted by molar-refractivity contribution is 5.94. The minimum absolute atomic E-state index is 0.00564. The van der Waals surface area contributed by atoms with Crippen molar-refractivity contribution in [1.82, 2.24) is 19.9 Å². The van der Waals surface area contributed by atoms with Gasteiger partial charge in [0.2, 0.25) is 0 Å². The van der Waals surface area contributed by atoms with E-state index in [1.54, 1.807) is 18.3 Å². The number of fused-ring (bicyclic) bond motifs is 1. The van der Waals surface area contributed by atoms with Crippen molar-refractivity contribution in [1.29, 1.82) is 0 Å². The van der Waals surface area contributed by atoms with Crippen molar-refractivity contribution in [3.63, 3.8) is 0 Å². The second-order valence-electron chi connectivity index (χ2n) is 6.65. The van der Waals surface area contributed by atoms with E-state index >= 15 is 0 Å². The second-order valence-corrected chi connectivity index (χ2v) is 6.65. The van der Waals surface area contributed by atoms with E-state index in [9.17, 15) is 4.79 Å². The van der Waals surface area contributed by atoms with Crippen LogP contribution in [0.3, 0.4) is 0 Å². The number of carbonyl (C=O) groups excluding carboxylic acids is 1. The number of likely N-dealkylation sites (tertiary alicyclic amines) is 1. The number of para-hydroxylation sites is 1. The highest BCUT2D eigenvalue weighted by Crippen LogP contribution is 2.28. The highest BCUT2D eigenvalue weighted by atomic mass is 16.2. The number of aryl methyl sites for hydroxylation is 1. The van der Waals surface area contributed by atoms with E-state index in [4.69, 9.17) is 10.7 Å². The summed E-state index contributed by atoms with van der Waals surface area (Å²) in [5.41, 5.74) is 9.56. The fraction of sp³-hybridized carbons (Fsp3) is 0.316. The first kappa shape index (κ1) is 15.6. The Morgan fingerprint density at radius 3 is 3.04 bits per heavy atom. The zero-order valence-corrected chi connectivity index (χ0v) is 14.2.